The van der Waals surface area contributed by atoms with E-state index < -0.39 is 0 Å². The van der Waals surface area contributed by atoms with Gasteiger partial charge in [-0.05, 0) is 36.6 Å². The van der Waals surface area contributed by atoms with Gasteiger partial charge in [0.15, 0.2) is 0 Å². The van der Waals surface area contributed by atoms with E-state index in [1.165, 1.54) is 0 Å². The van der Waals surface area contributed by atoms with E-state index in [1.54, 1.807) is 25.4 Å². The molecule has 9 heteroatoms. The van der Waals surface area contributed by atoms with Gasteiger partial charge >= 0.3 is 0 Å². The summed E-state index contributed by atoms with van der Waals surface area (Å²) in [7, 11) is 1.64. The van der Waals surface area contributed by atoms with E-state index in [4.69, 9.17) is 4.74 Å². The number of anilines is 2. The highest BCUT2D eigenvalue weighted by molar-refractivity contribution is 5.82. The Morgan fingerprint density at radius 2 is 2.19 bits per heavy atom. The molecular weight excluding hydrogens is 398 g/mol. The maximum Gasteiger partial charge on any atom is 0.269 e. The molecule has 0 unspecified atom stereocenters. The maximum atomic E-state index is 13.1. The van der Waals surface area contributed by atoms with Crippen molar-refractivity contribution in [3.05, 3.63) is 58.3 Å². The van der Waals surface area contributed by atoms with Crippen molar-refractivity contribution in [2.45, 2.75) is 18.9 Å². The second kappa shape index (κ2) is 9.30. The largest absolute Gasteiger partial charge is 0.385 e. The van der Waals surface area contributed by atoms with Gasteiger partial charge in [-0.1, -0.05) is 6.07 Å². The molecule has 0 aliphatic carbocycles. The highest BCUT2D eigenvalue weighted by Crippen LogP contribution is 2.38. The fourth-order valence-corrected chi connectivity index (χ4v) is 4.53. The third-order valence-electron chi connectivity index (χ3n) is 6.04. The molecule has 2 aliphatic heterocycles. The molecule has 2 atom stereocenters. The van der Waals surface area contributed by atoms with E-state index in [-0.39, 0.29) is 28.5 Å². The fraction of sp³-hybridized carbons (Fsp3) is 0.455. The third-order valence-corrected chi connectivity index (χ3v) is 6.04. The van der Waals surface area contributed by atoms with Crippen LogP contribution in [0.3, 0.4) is 0 Å². The van der Waals surface area contributed by atoms with Gasteiger partial charge in [-0.15, -0.1) is 0 Å². The lowest BCUT2D eigenvalue weighted by Gasteiger charge is -2.49. The van der Waals surface area contributed by atoms with E-state index in [0.29, 0.717) is 26.1 Å². The number of amides is 1. The summed E-state index contributed by atoms with van der Waals surface area (Å²) >= 11 is 0. The lowest BCUT2D eigenvalue weighted by Crippen LogP contribution is -2.61. The monoisotopic (exact) mass is 425 g/mol. The number of hydrogen-bond acceptors (Lipinski definition) is 7. The Hall–Kier alpha value is -3.20. The molecule has 164 valence electrons. The number of benzene rings is 1. The molecule has 1 aromatic heterocycles. The first kappa shape index (κ1) is 21.0. The Morgan fingerprint density at radius 3 is 2.94 bits per heavy atom. The highest BCUT2D eigenvalue weighted by atomic mass is 16.6. The number of nitro groups is 1. The minimum Gasteiger partial charge on any atom is -0.385 e. The van der Waals surface area contributed by atoms with E-state index in [1.807, 2.05) is 24.3 Å². The zero-order valence-corrected chi connectivity index (χ0v) is 17.6. The molecule has 0 saturated carbocycles. The predicted octanol–water partition coefficient (Wildman–Crippen LogP) is 2.01. The smallest absolute Gasteiger partial charge is 0.269 e. The Morgan fingerprint density at radius 1 is 1.32 bits per heavy atom. The number of nitrogens with zero attached hydrogens (tertiary/aromatic N) is 4. The summed E-state index contributed by atoms with van der Waals surface area (Å²) in [4.78, 5) is 33.0. The Balaban J connectivity index is 1.60. The summed E-state index contributed by atoms with van der Waals surface area (Å²) in [5.74, 6) is 0.575. The number of hydrogen-bond donors (Lipinski definition) is 1. The zero-order valence-electron chi connectivity index (χ0n) is 17.6. The molecule has 3 heterocycles. The molecule has 1 amide bonds. The standard InChI is InChI=1S/C22H27N5O4/c1-31-12-4-9-24-22(28)18-14-16-13-17(27(29)30)6-7-19(16)26-11-10-25(15-20(18)26)21-5-2-3-8-23-21/h2-3,5-8,13,18,20H,4,9-12,14-15H2,1H3,(H,24,28)/t18-,20+/m0/s1. The second-order valence-corrected chi connectivity index (χ2v) is 7.91. The van der Waals surface area contributed by atoms with Gasteiger partial charge < -0.3 is 19.9 Å². The Kier molecular flexibility index (Phi) is 6.31. The Labute approximate surface area is 181 Å². The normalized spacial score (nSPS) is 20.0. The van der Waals surface area contributed by atoms with Crippen LogP contribution in [0.25, 0.3) is 0 Å². The first-order valence-electron chi connectivity index (χ1n) is 10.5. The maximum absolute atomic E-state index is 13.1. The van der Waals surface area contributed by atoms with Crippen molar-refractivity contribution < 1.29 is 14.5 Å². The van der Waals surface area contributed by atoms with Crippen LogP contribution in [0, 0.1) is 16.0 Å². The molecule has 4 rings (SSSR count). The minimum atomic E-state index is -0.384. The average molecular weight is 425 g/mol. The van der Waals surface area contributed by atoms with Crippen LogP contribution in [-0.2, 0) is 16.0 Å². The molecule has 1 aromatic carbocycles. The van der Waals surface area contributed by atoms with Gasteiger partial charge in [0.2, 0.25) is 5.91 Å². The summed E-state index contributed by atoms with van der Waals surface area (Å²) in [6.45, 7) is 3.29. The van der Waals surface area contributed by atoms with Crippen LogP contribution in [0.5, 0.6) is 0 Å². The number of nitrogens with one attached hydrogen (secondary N) is 1. The number of piperazine rings is 1. The van der Waals surface area contributed by atoms with Crippen LogP contribution in [0.1, 0.15) is 12.0 Å². The third kappa shape index (κ3) is 4.46. The van der Waals surface area contributed by atoms with E-state index in [2.05, 4.69) is 20.1 Å². The molecule has 1 N–H and O–H groups in total. The Bertz CT molecular complexity index is 939. The van der Waals surface area contributed by atoms with Crippen LogP contribution in [-0.4, -0.2) is 61.8 Å². The van der Waals surface area contributed by atoms with Crippen molar-refractivity contribution in [3.8, 4) is 0 Å². The lowest BCUT2D eigenvalue weighted by atomic mass is 9.83. The topological polar surface area (TPSA) is 101 Å². The molecule has 0 bridgehead atoms. The van der Waals surface area contributed by atoms with E-state index in [0.717, 1.165) is 36.6 Å². The molecular formula is C22H27N5O4. The number of carbonyl (C=O) groups is 1. The van der Waals surface area contributed by atoms with Gasteiger partial charge in [-0.3, -0.25) is 14.9 Å². The van der Waals surface area contributed by atoms with E-state index >= 15 is 0 Å². The summed E-state index contributed by atoms with van der Waals surface area (Å²) in [5, 5.41) is 14.3. The molecule has 0 spiro atoms. The van der Waals surface area contributed by atoms with E-state index in [9.17, 15) is 14.9 Å². The van der Waals surface area contributed by atoms with Gasteiger partial charge in [0.05, 0.1) is 16.9 Å². The summed E-state index contributed by atoms with van der Waals surface area (Å²) in [6.07, 6.45) is 2.99. The number of carbonyl (C=O) groups excluding carboxylic acids is 1. The lowest BCUT2D eigenvalue weighted by molar-refractivity contribution is -0.384. The number of aromatic nitrogens is 1. The fourth-order valence-electron chi connectivity index (χ4n) is 4.53. The van der Waals surface area contributed by atoms with Crippen molar-refractivity contribution in [2.75, 3.05) is 49.7 Å². The summed E-state index contributed by atoms with van der Waals surface area (Å²) in [6, 6.07) is 10.8. The summed E-state index contributed by atoms with van der Waals surface area (Å²) in [5.41, 5.74) is 1.90. The van der Waals surface area contributed by atoms with Crippen LogP contribution in [0.2, 0.25) is 0 Å². The van der Waals surface area contributed by atoms with Crippen molar-refractivity contribution in [3.63, 3.8) is 0 Å². The first-order chi connectivity index (χ1) is 15.1. The second-order valence-electron chi connectivity index (χ2n) is 7.91. The molecule has 1 fully saturated rings. The highest BCUT2D eigenvalue weighted by Gasteiger charge is 2.42. The molecule has 9 nitrogen and oxygen atoms in total. The van der Waals surface area contributed by atoms with Crippen LogP contribution in [0.4, 0.5) is 17.2 Å². The predicted molar refractivity (Wildman–Crippen MR) is 117 cm³/mol. The number of non-ortho nitro benzene ring substituents is 1. The van der Waals surface area contributed by atoms with Crippen LogP contribution in [0.15, 0.2) is 42.6 Å². The van der Waals surface area contributed by atoms with Crippen molar-refractivity contribution in [1.82, 2.24) is 10.3 Å². The average Bonchev–Trinajstić information content (AvgIpc) is 2.81. The molecule has 1 saturated heterocycles. The van der Waals surface area contributed by atoms with Gasteiger partial charge in [-0.25, -0.2) is 4.98 Å². The number of methoxy groups -OCH3 is 1. The molecule has 2 aromatic rings. The van der Waals surface area contributed by atoms with Gasteiger partial charge in [0, 0.05) is 63.9 Å². The zero-order chi connectivity index (χ0) is 21.8. The van der Waals surface area contributed by atoms with Crippen molar-refractivity contribution in [2.24, 2.45) is 5.92 Å². The van der Waals surface area contributed by atoms with Crippen LogP contribution >= 0.6 is 0 Å². The number of pyridine rings is 1. The first-order valence-corrected chi connectivity index (χ1v) is 10.5. The minimum absolute atomic E-state index is 0.0221. The quantitative estimate of drug-likeness (QED) is 0.411. The van der Waals surface area contributed by atoms with Gasteiger partial charge in [0.1, 0.15) is 5.82 Å². The molecule has 2 aliphatic rings. The summed E-state index contributed by atoms with van der Waals surface area (Å²) < 4.78 is 5.06. The van der Waals surface area contributed by atoms with Crippen LogP contribution < -0.4 is 15.1 Å². The van der Waals surface area contributed by atoms with Crippen molar-refractivity contribution >= 4 is 23.1 Å². The van der Waals surface area contributed by atoms with Gasteiger partial charge in [0.25, 0.3) is 5.69 Å². The number of fused-ring (bicyclic) bond motifs is 3. The van der Waals surface area contributed by atoms with Crippen molar-refractivity contribution in [1.29, 1.82) is 0 Å². The number of rotatable bonds is 7. The number of nitro benzene ring substituents is 1. The molecule has 0 radical (unpaired) electrons. The van der Waals surface area contributed by atoms with Gasteiger partial charge in [-0.2, -0.15) is 0 Å². The SMILES string of the molecule is COCCCNC(=O)[C@H]1Cc2cc([N+](=O)[O-])ccc2N2CCN(c3ccccn3)C[C@H]12. The number of ether oxygens (including phenoxy) is 1. The molecule has 31 heavy (non-hydrogen) atoms.